The van der Waals surface area contributed by atoms with Crippen LogP contribution >= 0.6 is 15.9 Å². The zero-order chi connectivity index (χ0) is 14.3. The first-order valence-electron chi connectivity index (χ1n) is 6.43. The second-order valence-electron chi connectivity index (χ2n) is 4.91. The third-order valence-electron chi connectivity index (χ3n) is 3.60. The molecule has 102 valence electrons. The summed E-state index contributed by atoms with van der Waals surface area (Å²) < 4.78 is 14.0. The van der Waals surface area contributed by atoms with Gasteiger partial charge in [0.15, 0.2) is 0 Å². The molecule has 0 bridgehead atoms. The quantitative estimate of drug-likeness (QED) is 0.769. The van der Waals surface area contributed by atoms with E-state index in [9.17, 15) is 9.18 Å². The molecule has 0 radical (unpaired) electrons. The van der Waals surface area contributed by atoms with Gasteiger partial charge in [0.2, 0.25) is 0 Å². The van der Waals surface area contributed by atoms with Crippen molar-refractivity contribution < 1.29 is 9.18 Å². The molecule has 0 unspecified atom stereocenters. The molecule has 2 aromatic carbocycles. The first-order chi connectivity index (χ1) is 9.58. The molecule has 20 heavy (non-hydrogen) atoms. The van der Waals surface area contributed by atoms with E-state index in [1.165, 1.54) is 17.7 Å². The Hall–Kier alpha value is -1.68. The fourth-order valence-corrected chi connectivity index (χ4v) is 3.08. The SMILES string of the molecule is Cc1cccc2c1N(C(=O)c1cc(F)ccc1Br)CC2. The molecule has 0 saturated carbocycles. The molecule has 0 fully saturated rings. The Morgan fingerprint density at radius 2 is 2.10 bits per heavy atom. The number of para-hydroxylation sites is 1. The summed E-state index contributed by atoms with van der Waals surface area (Å²) in [5, 5.41) is 0. The van der Waals surface area contributed by atoms with E-state index >= 15 is 0 Å². The highest BCUT2D eigenvalue weighted by molar-refractivity contribution is 9.10. The van der Waals surface area contributed by atoms with Gasteiger partial charge in [-0.2, -0.15) is 0 Å². The topological polar surface area (TPSA) is 20.3 Å². The molecule has 1 aliphatic heterocycles. The summed E-state index contributed by atoms with van der Waals surface area (Å²) in [5.74, 6) is -0.565. The molecule has 0 aliphatic carbocycles. The summed E-state index contributed by atoms with van der Waals surface area (Å²) in [6.07, 6.45) is 0.843. The van der Waals surface area contributed by atoms with Crippen molar-refractivity contribution in [3.05, 3.63) is 63.4 Å². The van der Waals surface area contributed by atoms with Crippen LogP contribution in [0.3, 0.4) is 0 Å². The Morgan fingerprint density at radius 3 is 2.90 bits per heavy atom. The van der Waals surface area contributed by atoms with E-state index in [0.29, 0.717) is 16.6 Å². The number of anilines is 1. The summed E-state index contributed by atoms with van der Waals surface area (Å²) in [6, 6.07) is 10.2. The van der Waals surface area contributed by atoms with E-state index in [2.05, 4.69) is 15.9 Å². The first kappa shape index (κ1) is 13.3. The molecule has 0 saturated heterocycles. The average molecular weight is 334 g/mol. The number of rotatable bonds is 1. The molecule has 1 heterocycles. The Kier molecular flexibility index (Phi) is 3.34. The van der Waals surface area contributed by atoms with Gasteiger partial charge in [-0.1, -0.05) is 18.2 Å². The maximum Gasteiger partial charge on any atom is 0.259 e. The van der Waals surface area contributed by atoms with Crippen LogP contribution < -0.4 is 4.90 Å². The standard InChI is InChI=1S/C16H13BrFNO/c1-10-3-2-4-11-7-8-19(15(10)11)16(20)13-9-12(18)5-6-14(13)17/h2-6,9H,7-8H2,1H3. The monoisotopic (exact) mass is 333 g/mol. The summed E-state index contributed by atoms with van der Waals surface area (Å²) in [6.45, 7) is 2.63. The molecule has 0 N–H and O–H groups in total. The number of aryl methyl sites for hydroxylation is 1. The summed E-state index contributed by atoms with van der Waals surface area (Å²) in [5.41, 5.74) is 3.57. The van der Waals surface area contributed by atoms with Crippen molar-refractivity contribution in [2.24, 2.45) is 0 Å². The Morgan fingerprint density at radius 1 is 1.30 bits per heavy atom. The molecule has 2 nitrogen and oxygen atoms in total. The fraction of sp³-hybridized carbons (Fsp3) is 0.188. The van der Waals surface area contributed by atoms with E-state index < -0.39 is 5.82 Å². The van der Waals surface area contributed by atoms with E-state index in [0.717, 1.165) is 17.7 Å². The third-order valence-corrected chi connectivity index (χ3v) is 4.29. The normalized spacial score (nSPS) is 13.4. The molecule has 4 heteroatoms. The van der Waals surface area contributed by atoms with Gasteiger partial charge in [-0.3, -0.25) is 4.79 Å². The lowest BCUT2D eigenvalue weighted by molar-refractivity contribution is 0.0988. The van der Waals surface area contributed by atoms with Crippen LogP contribution in [0.2, 0.25) is 0 Å². The van der Waals surface area contributed by atoms with Gasteiger partial charge in [0, 0.05) is 11.0 Å². The molecule has 0 aromatic heterocycles. The van der Waals surface area contributed by atoms with Crippen molar-refractivity contribution >= 4 is 27.5 Å². The highest BCUT2D eigenvalue weighted by Gasteiger charge is 2.28. The Labute approximate surface area is 125 Å². The van der Waals surface area contributed by atoms with Crippen LogP contribution in [0, 0.1) is 12.7 Å². The van der Waals surface area contributed by atoms with Crippen LogP contribution in [0.5, 0.6) is 0 Å². The largest absolute Gasteiger partial charge is 0.307 e. The van der Waals surface area contributed by atoms with Crippen molar-refractivity contribution in [2.75, 3.05) is 11.4 Å². The van der Waals surface area contributed by atoms with Crippen LogP contribution in [-0.2, 0) is 6.42 Å². The number of fused-ring (bicyclic) bond motifs is 1. The molecule has 0 atom stereocenters. The average Bonchev–Trinajstić information content (AvgIpc) is 2.86. The van der Waals surface area contributed by atoms with Crippen LogP contribution in [0.1, 0.15) is 21.5 Å². The van der Waals surface area contributed by atoms with Gasteiger partial charge in [0.05, 0.1) is 11.3 Å². The highest BCUT2D eigenvalue weighted by Crippen LogP contribution is 2.33. The van der Waals surface area contributed by atoms with Crippen molar-refractivity contribution in [1.29, 1.82) is 0 Å². The van der Waals surface area contributed by atoms with Crippen molar-refractivity contribution in [1.82, 2.24) is 0 Å². The number of nitrogens with zero attached hydrogens (tertiary/aromatic N) is 1. The lowest BCUT2D eigenvalue weighted by atomic mass is 10.1. The molecular weight excluding hydrogens is 321 g/mol. The lowest BCUT2D eigenvalue weighted by Gasteiger charge is -2.20. The van der Waals surface area contributed by atoms with E-state index in [4.69, 9.17) is 0 Å². The minimum atomic E-state index is -0.402. The zero-order valence-electron chi connectivity index (χ0n) is 11.0. The van der Waals surface area contributed by atoms with Gasteiger partial charge in [0.25, 0.3) is 5.91 Å². The minimum absolute atomic E-state index is 0.163. The Bertz CT molecular complexity index is 699. The van der Waals surface area contributed by atoms with Crippen molar-refractivity contribution in [3.63, 3.8) is 0 Å². The van der Waals surface area contributed by atoms with Gasteiger partial charge in [-0.25, -0.2) is 4.39 Å². The number of benzene rings is 2. The number of amides is 1. The van der Waals surface area contributed by atoms with Gasteiger partial charge >= 0.3 is 0 Å². The first-order valence-corrected chi connectivity index (χ1v) is 7.22. The van der Waals surface area contributed by atoms with Crippen molar-refractivity contribution in [3.8, 4) is 0 Å². The Balaban J connectivity index is 2.04. The van der Waals surface area contributed by atoms with Gasteiger partial charge < -0.3 is 4.90 Å². The lowest BCUT2D eigenvalue weighted by Crippen LogP contribution is -2.29. The van der Waals surface area contributed by atoms with Crippen LogP contribution in [-0.4, -0.2) is 12.5 Å². The van der Waals surface area contributed by atoms with Gasteiger partial charge in [-0.05, 0) is 58.6 Å². The molecule has 0 spiro atoms. The molecule has 1 amide bonds. The van der Waals surface area contributed by atoms with Crippen LogP contribution in [0.25, 0.3) is 0 Å². The number of hydrogen-bond acceptors (Lipinski definition) is 1. The summed E-state index contributed by atoms with van der Waals surface area (Å²) in [4.78, 5) is 14.4. The van der Waals surface area contributed by atoms with E-state index in [1.54, 1.807) is 11.0 Å². The van der Waals surface area contributed by atoms with Crippen molar-refractivity contribution in [2.45, 2.75) is 13.3 Å². The number of carbonyl (C=O) groups is 1. The van der Waals surface area contributed by atoms with E-state index in [-0.39, 0.29) is 5.91 Å². The number of halogens is 2. The molecule has 1 aliphatic rings. The maximum atomic E-state index is 13.4. The highest BCUT2D eigenvalue weighted by atomic mass is 79.9. The number of carbonyl (C=O) groups excluding carboxylic acids is 1. The second-order valence-corrected chi connectivity index (χ2v) is 5.77. The summed E-state index contributed by atoms with van der Waals surface area (Å²) in [7, 11) is 0. The van der Waals surface area contributed by atoms with Gasteiger partial charge in [0.1, 0.15) is 5.82 Å². The van der Waals surface area contributed by atoms with Gasteiger partial charge in [-0.15, -0.1) is 0 Å². The fourth-order valence-electron chi connectivity index (χ4n) is 2.66. The molecule has 2 aromatic rings. The smallest absolute Gasteiger partial charge is 0.259 e. The van der Waals surface area contributed by atoms with Crippen LogP contribution in [0.15, 0.2) is 40.9 Å². The summed E-state index contributed by atoms with van der Waals surface area (Å²) >= 11 is 3.32. The predicted molar refractivity (Wildman–Crippen MR) is 80.7 cm³/mol. The molecule has 3 rings (SSSR count). The maximum absolute atomic E-state index is 13.4. The second kappa shape index (κ2) is 5.02. The number of hydrogen-bond donors (Lipinski definition) is 0. The zero-order valence-corrected chi connectivity index (χ0v) is 12.6. The minimum Gasteiger partial charge on any atom is -0.307 e. The third kappa shape index (κ3) is 2.14. The molecular formula is C16H13BrFNO. The predicted octanol–water partition coefficient (Wildman–Crippen LogP) is 4.10. The van der Waals surface area contributed by atoms with E-state index in [1.807, 2.05) is 25.1 Å². The van der Waals surface area contributed by atoms with Crippen LogP contribution in [0.4, 0.5) is 10.1 Å².